The Labute approximate surface area is 101 Å². The molecule has 0 bridgehead atoms. The van der Waals surface area contributed by atoms with Crippen LogP contribution in [-0.2, 0) is 4.74 Å². The minimum atomic E-state index is 0.839. The second-order valence-electron chi connectivity index (χ2n) is 5.00. The molecule has 0 heterocycles. The highest BCUT2D eigenvalue weighted by molar-refractivity contribution is 4.69. The van der Waals surface area contributed by atoms with Crippen molar-refractivity contribution >= 4 is 0 Å². The zero-order chi connectivity index (χ0) is 11.6. The third-order valence-electron chi connectivity index (χ3n) is 3.48. The standard InChI is InChI=1S/C13H28N2O/c1-15(10-11-16-2)9-5-8-14-12-13-6-3-4-7-13/h13-14H,3-12H2,1-2H3. The van der Waals surface area contributed by atoms with Crippen molar-refractivity contribution in [3.63, 3.8) is 0 Å². The van der Waals surface area contributed by atoms with Crippen molar-refractivity contribution in [1.29, 1.82) is 0 Å². The third kappa shape index (κ3) is 6.46. The van der Waals surface area contributed by atoms with Gasteiger partial charge in [0.15, 0.2) is 0 Å². The molecule has 0 aromatic heterocycles. The molecule has 3 heteroatoms. The van der Waals surface area contributed by atoms with Gasteiger partial charge in [0.05, 0.1) is 6.61 Å². The number of rotatable bonds is 9. The normalized spacial score (nSPS) is 17.4. The van der Waals surface area contributed by atoms with Crippen LogP contribution in [0.5, 0.6) is 0 Å². The van der Waals surface area contributed by atoms with Gasteiger partial charge in [0, 0.05) is 13.7 Å². The highest BCUT2D eigenvalue weighted by atomic mass is 16.5. The Balaban J connectivity index is 1.83. The molecule has 1 rings (SSSR count). The second-order valence-corrected chi connectivity index (χ2v) is 5.00. The molecular formula is C13H28N2O. The molecule has 0 radical (unpaired) electrons. The summed E-state index contributed by atoms with van der Waals surface area (Å²) in [5.74, 6) is 0.964. The van der Waals surface area contributed by atoms with Crippen LogP contribution in [0.2, 0.25) is 0 Å². The number of nitrogens with zero attached hydrogens (tertiary/aromatic N) is 1. The number of hydrogen-bond acceptors (Lipinski definition) is 3. The quantitative estimate of drug-likeness (QED) is 0.608. The molecule has 96 valence electrons. The Morgan fingerprint density at radius 1 is 1.25 bits per heavy atom. The number of hydrogen-bond donors (Lipinski definition) is 1. The summed E-state index contributed by atoms with van der Waals surface area (Å²) in [7, 11) is 3.92. The van der Waals surface area contributed by atoms with E-state index in [1.54, 1.807) is 7.11 Å². The van der Waals surface area contributed by atoms with E-state index in [0.29, 0.717) is 0 Å². The first-order valence-electron chi connectivity index (χ1n) is 6.71. The van der Waals surface area contributed by atoms with E-state index in [2.05, 4.69) is 17.3 Å². The van der Waals surface area contributed by atoms with E-state index >= 15 is 0 Å². The molecule has 0 aromatic carbocycles. The summed E-state index contributed by atoms with van der Waals surface area (Å²) in [6.07, 6.45) is 7.03. The van der Waals surface area contributed by atoms with Gasteiger partial charge in [-0.2, -0.15) is 0 Å². The van der Waals surface area contributed by atoms with Gasteiger partial charge in [0.1, 0.15) is 0 Å². The van der Waals surface area contributed by atoms with Crippen LogP contribution in [0, 0.1) is 5.92 Å². The van der Waals surface area contributed by atoms with Gasteiger partial charge in [-0.3, -0.25) is 0 Å². The van der Waals surface area contributed by atoms with E-state index < -0.39 is 0 Å². The average Bonchev–Trinajstić information content (AvgIpc) is 2.79. The zero-order valence-corrected chi connectivity index (χ0v) is 11.0. The first-order chi connectivity index (χ1) is 7.83. The topological polar surface area (TPSA) is 24.5 Å². The summed E-state index contributed by atoms with van der Waals surface area (Å²) in [4.78, 5) is 2.33. The van der Waals surface area contributed by atoms with Crippen LogP contribution in [0.4, 0.5) is 0 Å². The summed E-state index contributed by atoms with van der Waals surface area (Å²) in [6, 6.07) is 0. The van der Waals surface area contributed by atoms with Gasteiger partial charge in [0.25, 0.3) is 0 Å². The number of likely N-dealkylation sites (N-methyl/N-ethyl adjacent to an activating group) is 1. The number of methoxy groups -OCH3 is 1. The molecule has 1 saturated carbocycles. The van der Waals surface area contributed by atoms with E-state index in [1.807, 2.05) is 0 Å². The van der Waals surface area contributed by atoms with Crippen LogP contribution >= 0.6 is 0 Å². The second kappa shape index (κ2) is 8.97. The molecule has 0 aliphatic heterocycles. The van der Waals surface area contributed by atoms with Gasteiger partial charge in [-0.25, -0.2) is 0 Å². The van der Waals surface area contributed by atoms with Crippen molar-refractivity contribution in [1.82, 2.24) is 10.2 Å². The van der Waals surface area contributed by atoms with E-state index in [0.717, 1.165) is 25.6 Å². The predicted molar refractivity (Wildman–Crippen MR) is 68.8 cm³/mol. The summed E-state index contributed by atoms with van der Waals surface area (Å²) >= 11 is 0. The van der Waals surface area contributed by atoms with E-state index in [-0.39, 0.29) is 0 Å². The molecule has 16 heavy (non-hydrogen) atoms. The van der Waals surface area contributed by atoms with Gasteiger partial charge in [-0.15, -0.1) is 0 Å². The van der Waals surface area contributed by atoms with Gasteiger partial charge >= 0.3 is 0 Å². The van der Waals surface area contributed by atoms with Crippen LogP contribution in [0.15, 0.2) is 0 Å². The zero-order valence-electron chi connectivity index (χ0n) is 11.0. The molecule has 0 unspecified atom stereocenters. The monoisotopic (exact) mass is 228 g/mol. The molecule has 1 aliphatic rings. The van der Waals surface area contributed by atoms with Crippen molar-refractivity contribution < 1.29 is 4.74 Å². The van der Waals surface area contributed by atoms with Crippen molar-refractivity contribution in [2.24, 2.45) is 5.92 Å². The fourth-order valence-corrected chi connectivity index (χ4v) is 2.35. The summed E-state index contributed by atoms with van der Waals surface area (Å²) < 4.78 is 5.05. The minimum Gasteiger partial charge on any atom is -0.383 e. The molecule has 0 amide bonds. The van der Waals surface area contributed by atoms with Crippen LogP contribution < -0.4 is 5.32 Å². The van der Waals surface area contributed by atoms with Crippen molar-refractivity contribution in [2.75, 3.05) is 46.9 Å². The molecular weight excluding hydrogens is 200 g/mol. The van der Waals surface area contributed by atoms with E-state index in [9.17, 15) is 0 Å². The maximum atomic E-state index is 5.05. The largest absolute Gasteiger partial charge is 0.383 e. The number of nitrogens with one attached hydrogen (secondary N) is 1. The lowest BCUT2D eigenvalue weighted by Gasteiger charge is -2.16. The van der Waals surface area contributed by atoms with Crippen molar-refractivity contribution in [3.05, 3.63) is 0 Å². The van der Waals surface area contributed by atoms with Crippen LogP contribution in [0.1, 0.15) is 32.1 Å². The Morgan fingerprint density at radius 3 is 2.69 bits per heavy atom. The summed E-state index contributed by atoms with van der Waals surface area (Å²) in [5, 5.41) is 3.58. The fraction of sp³-hybridized carbons (Fsp3) is 1.00. The molecule has 1 fully saturated rings. The van der Waals surface area contributed by atoms with Crippen molar-refractivity contribution in [2.45, 2.75) is 32.1 Å². The third-order valence-corrected chi connectivity index (χ3v) is 3.48. The highest BCUT2D eigenvalue weighted by Gasteiger charge is 2.13. The first-order valence-corrected chi connectivity index (χ1v) is 6.71. The van der Waals surface area contributed by atoms with Crippen LogP contribution in [0.25, 0.3) is 0 Å². The Hall–Kier alpha value is -0.120. The average molecular weight is 228 g/mol. The van der Waals surface area contributed by atoms with Gasteiger partial charge in [-0.1, -0.05) is 12.8 Å². The molecule has 0 spiro atoms. The van der Waals surface area contributed by atoms with E-state index in [1.165, 1.54) is 45.2 Å². The maximum absolute atomic E-state index is 5.05. The number of ether oxygens (including phenoxy) is 1. The Morgan fingerprint density at radius 2 is 2.00 bits per heavy atom. The van der Waals surface area contributed by atoms with Gasteiger partial charge in [-0.05, 0) is 51.9 Å². The highest BCUT2D eigenvalue weighted by Crippen LogP contribution is 2.23. The van der Waals surface area contributed by atoms with Crippen molar-refractivity contribution in [3.8, 4) is 0 Å². The summed E-state index contributed by atoms with van der Waals surface area (Å²) in [5.41, 5.74) is 0. The van der Waals surface area contributed by atoms with Gasteiger partial charge < -0.3 is 15.0 Å². The Kier molecular flexibility index (Phi) is 7.81. The lowest BCUT2D eigenvalue weighted by Crippen LogP contribution is -2.28. The molecule has 3 nitrogen and oxygen atoms in total. The lowest BCUT2D eigenvalue weighted by atomic mass is 10.1. The van der Waals surface area contributed by atoms with Gasteiger partial charge in [0.2, 0.25) is 0 Å². The molecule has 0 aromatic rings. The lowest BCUT2D eigenvalue weighted by molar-refractivity contribution is 0.160. The minimum absolute atomic E-state index is 0.839. The SMILES string of the molecule is COCCN(C)CCCNCC1CCCC1. The molecule has 0 atom stereocenters. The van der Waals surface area contributed by atoms with Crippen LogP contribution in [-0.4, -0.2) is 51.8 Å². The molecule has 1 aliphatic carbocycles. The fourth-order valence-electron chi connectivity index (χ4n) is 2.35. The summed E-state index contributed by atoms with van der Waals surface area (Å²) in [6.45, 7) is 5.45. The van der Waals surface area contributed by atoms with E-state index in [4.69, 9.17) is 4.74 Å². The maximum Gasteiger partial charge on any atom is 0.0589 e. The smallest absolute Gasteiger partial charge is 0.0589 e. The van der Waals surface area contributed by atoms with Crippen LogP contribution in [0.3, 0.4) is 0 Å². The Bertz CT molecular complexity index is 158. The first kappa shape index (κ1) is 13.9. The molecule has 1 N–H and O–H groups in total. The predicted octanol–water partition coefficient (Wildman–Crippen LogP) is 1.73. The molecule has 0 saturated heterocycles.